The van der Waals surface area contributed by atoms with Gasteiger partial charge in [0.05, 0.1) is 10.3 Å². The summed E-state index contributed by atoms with van der Waals surface area (Å²) in [6.07, 6.45) is 14.2. The Balaban J connectivity index is 0.00000301. The lowest BCUT2D eigenvalue weighted by Gasteiger charge is -2.38. The van der Waals surface area contributed by atoms with Gasteiger partial charge in [-0.25, -0.2) is 0 Å². The maximum absolute atomic E-state index is 7.50. The molecule has 2 nitrogen and oxygen atoms in total. The van der Waals surface area contributed by atoms with Crippen molar-refractivity contribution in [2.45, 2.75) is 109 Å². The Morgan fingerprint density at radius 2 is 1.27 bits per heavy atom. The second kappa shape index (κ2) is 14.0. The summed E-state index contributed by atoms with van der Waals surface area (Å²) in [6, 6.07) is 0. The van der Waals surface area contributed by atoms with Gasteiger partial charge in [0, 0.05) is 5.03 Å². The predicted molar refractivity (Wildman–Crippen MR) is 118 cm³/mol. The lowest BCUT2D eigenvalue weighted by Crippen LogP contribution is -2.38. The van der Waals surface area contributed by atoms with Crippen molar-refractivity contribution in [1.29, 1.82) is 5.59 Å². The Morgan fingerprint density at radius 3 is 1.73 bits per heavy atom. The Kier molecular flexibility index (Phi) is 14.0. The van der Waals surface area contributed by atoms with Gasteiger partial charge in [-0.05, 0) is 43.9 Å². The Bertz CT molecular complexity index is 476. The lowest BCUT2D eigenvalue weighted by molar-refractivity contribution is 0.513. The Hall–Kier alpha value is -0.0500. The first kappa shape index (κ1) is 26.0. The summed E-state index contributed by atoms with van der Waals surface area (Å²) in [7, 11) is 0. The fourth-order valence-corrected chi connectivity index (χ4v) is 4.74. The van der Waals surface area contributed by atoms with E-state index < -0.39 is 4.87 Å². The number of hydrogen-bond acceptors (Lipinski definition) is 2. The number of nitroso groups, excluding NO2 is 1. The van der Waals surface area contributed by atoms with Crippen molar-refractivity contribution in [1.82, 2.24) is 0 Å². The second-order valence-corrected chi connectivity index (χ2v) is 8.90. The third-order valence-corrected chi connectivity index (χ3v) is 7.63. The zero-order valence-corrected chi connectivity index (χ0v) is 19.2. The van der Waals surface area contributed by atoms with Crippen molar-refractivity contribution in [2.75, 3.05) is 0 Å². The van der Waals surface area contributed by atoms with Crippen LogP contribution in [-0.4, -0.2) is 10.3 Å². The van der Waals surface area contributed by atoms with Crippen LogP contribution in [-0.2, 0) is 0 Å². The maximum atomic E-state index is 7.50. The van der Waals surface area contributed by atoms with Crippen LogP contribution in [0.4, 0.5) is 0 Å². The van der Waals surface area contributed by atoms with Gasteiger partial charge in [-0.2, -0.15) is 4.91 Å². The van der Waals surface area contributed by atoms with E-state index >= 15 is 0 Å². The average Bonchev–Trinajstić information content (AvgIpc) is 2.66. The fourth-order valence-electron chi connectivity index (χ4n) is 3.54. The molecular formula is C21H36Cl3NO. The molecule has 0 spiro atoms. The summed E-state index contributed by atoms with van der Waals surface area (Å²) in [5.41, 5.74) is 7.99. The van der Waals surface area contributed by atoms with Crippen LogP contribution in [0.5, 0.6) is 0 Å². The van der Waals surface area contributed by atoms with E-state index in [2.05, 4.69) is 26.4 Å². The highest BCUT2D eigenvalue weighted by molar-refractivity contribution is 6.43. The molecule has 1 aliphatic carbocycles. The highest BCUT2D eigenvalue weighted by atomic mass is 35.5. The van der Waals surface area contributed by atoms with E-state index in [9.17, 15) is 0 Å². The third kappa shape index (κ3) is 7.52. The maximum Gasteiger partial charge on any atom is 0.0924 e. The molecule has 0 saturated heterocycles. The van der Waals surface area contributed by atoms with Gasteiger partial charge in [0.15, 0.2) is 0 Å². The number of nitrogens with one attached hydrogen (secondary N) is 1. The number of rotatable bonds is 11. The highest BCUT2D eigenvalue weighted by Crippen LogP contribution is 2.48. The van der Waals surface area contributed by atoms with Crippen LogP contribution in [0, 0.1) is 10.5 Å². The van der Waals surface area contributed by atoms with Crippen LogP contribution >= 0.6 is 34.8 Å². The molecule has 0 fully saturated rings. The molecule has 2 atom stereocenters. The van der Waals surface area contributed by atoms with Gasteiger partial charge >= 0.3 is 0 Å². The van der Waals surface area contributed by atoms with E-state index in [0.29, 0.717) is 0 Å². The summed E-state index contributed by atoms with van der Waals surface area (Å²) >= 11 is 20.0. The van der Waals surface area contributed by atoms with E-state index in [0.717, 1.165) is 23.4 Å². The van der Waals surface area contributed by atoms with E-state index in [-0.39, 0.29) is 5.38 Å². The molecule has 152 valence electrons. The summed E-state index contributed by atoms with van der Waals surface area (Å²) in [6.45, 7) is 8.52. The summed E-state index contributed by atoms with van der Waals surface area (Å²) in [5.74, 6) is 0. The van der Waals surface area contributed by atoms with Crippen LogP contribution in [0.3, 0.4) is 0 Å². The molecule has 1 aliphatic rings. The quantitative estimate of drug-likeness (QED) is 0.200. The summed E-state index contributed by atoms with van der Waals surface area (Å²) in [5, 5.41) is 0.421. The normalized spacial score (nSPS) is 23.1. The van der Waals surface area contributed by atoms with Crippen LogP contribution < -0.4 is 0 Å². The zero-order valence-electron chi connectivity index (χ0n) is 16.9. The van der Waals surface area contributed by atoms with E-state index in [1.54, 1.807) is 0 Å². The van der Waals surface area contributed by atoms with Crippen LogP contribution in [0.2, 0.25) is 0 Å². The Labute approximate surface area is 175 Å². The fraction of sp³-hybridized carbons (Fsp3) is 0.810. The average molecular weight is 425 g/mol. The summed E-state index contributed by atoms with van der Waals surface area (Å²) in [4.78, 5) is 6.99. The van der Waals surface area contributed by atoms with Gasteiger partial charge in [0.1, 0.15) is 0 Å². The second-order valence-electron chi connectivity index (χ2n) is 7.38. The number of unbranched alkanes of at least 4 members (excludes halogenated alkanes) is 9. The van der Waals surface area contributed by atoms with Gasteiger partial charge in [0.2, 0.25) is 0 Å². The minimum absolute atomic E-state index is 0.303. The van der Waals surface area contributed by atoms with E-state index in [1.807, 2.05) is 6.92 Å². The molecule has 0 radical (unpaired) electrons. The van der Waals surface area contributed by atoms with Crippen LogP contribution in [0.25, 0.3) is 0 Å². The molecule has 5 heteroatoms. The minimum Gasteiger partial charge on any atom is -0.154 e. The molecule has 1 rings (SSSR count). The molecule has 1 N–H and O–H groups in total. The predicted octanol–water partition coefficient (Wildman–Crippen LogP) is 9.08. The first-order chi connectivity index (χ1) is 12.4. The van der Waals surface area contributed by atoms with Gasteiger partial charge in [0.25, 0.3) is 0 Å². The first-order valence-electron chi connectivity index (χ1n) is 9.94. The van der Waals surface area contributed by atoms with Gasteiger partial charge in [-0.15, -0.1) is 23.2 Å². The minimum atomic E-state index is -0.512. The molecule has 0 amide bonds. The zero-order chi connectivity index (χ0) is 20.2. The van der Waals surface area contributed by atoms with Gasteiger partial charge in [-0.1, -0.05) is 88.3 Å². The van der Waals surface area contributed by atoms with E-state index in [1.165, 1.54) is 68.9 Å². The van der Waals surface area contributed by atoms with Crippen molar-refractivity contribution in [3.8, 4) is 0 Å². The van der Waals surface area contributed by atoms with Crippen molar-refractivity contribution in [3.63, 3.8) is 0 Å². The number of allylic oxidation sites excluding steroid dienone is 4. The van der Waals surface area contributed by atoms with Crippen molar-refractivity contribution in [2.24, 2.45) is 0 Å². The van der Waals surface area contributed by atoms with Crippen molar-refractivity contribution >= 4 is 34.8 Å². The number of alkyl halides is 2. The smallest absolute Gasteiger partial charge is 0.0924 e. The first-order valence-corrected chi connectivity index (χ1v) is 11.1. The molecular weight excluding hydrogens is 389 g/mol. The van der Waals surface area contributed by atoms with Gasteiger partial charge in [-0.3, -0.25) is 0 Å². The molecule has 0 aromatic carbocycles. The third-order valence-electron chi connectivity index (χ3n) is 5.63. The lowest BCUT2D eigenvalue weighted by atomic mass is 9.80. The van der Waals surface area contributed by atoms with Crippen molar-refractivity contribution in [3.05, 3.63) is 26.7 Å². The molecule has 0 heterocycles. The molecule has 0 saturated carbocycles. The molecule has 0 aliphatic heterocycles. The van der Waals surface area contributed by atoms with Crippen molar-refractivity contribution < 1.29 is 0 Å². The number of halogens is 3. The molecule has 0 aromatic heterocycles. The van der Waals surface area contributed by atoms with Crippen LogP contribution in [0.15, 0.2) is 21.8 Å². The van der Waals surface area contributed by atoms with Crippen LogP contribution in [0.1, 0.15) is 98.3 Å². The Morgan fingerprint density at radius 1 is 0.846 bits per heavy atom. The molecule has 2 unspecified atom stereocenters. The molecule has 0 bridgehead atoms. The van der Waals surface area contributed by atoms with E-state index in [4.69, 9.17) is 39.7 Å². The SMILES string of the molecule is CCCCCCCCCCCCC1(Cl)C(C)=C(C)C(C)=C(Cl)C1Cl.N=O. The molecule has 26 heavy (non-hydrogen) atoms. The standard InChI is InChI=1S/C21H35Cl3.HNO/c1-5-6-7-8-9-10-11-12-13-14-15-21(24)18(4)16(2)17(3)19(22)20(21)23;1-2/h20H,5-15H2,1-4H3;1H. The van der Waals surface area contributed by atoms with Gasteiger partial charge < -0.3 is 0 Å². The monoisotopic (exact) mass is 423 g/mol. The topological polar surface area (TPSA) is 40.9 Å². The number of hydrogen-bond donors (Lipinski definition) is 1. The largest absolute Gasteiger partial charge is 0.154 e. The molecule has 0 aromatic rings. The summed E-state index contributed by atoms with van der Waals surface area (Å²) < 4.78 is 0. The highest BCUT2D eigenvalue weighted by Gasteiger charge is 2.43.